The topological polar surface area (TPSA) is 79.8 Å². The highest BCUT2D eigenvalue weighted by Crippen LogP contribution is 2.22. The van der Waals surface area contributed by atoms with Crippen LogP contribution in [0.5, 0.6) is 5.75 Å². The fourth-order valence-electron chi connectivity index (χ4n) is 2.20. The summed E-state index contributed by atoms with van der Waals surface area (Å²) in [6.45, 7) is 6.14. The summed E-state index contributed by atoms with van der Waals surface area (Å²) in [5.74, 6) is -0.999. The molecular formula is C21H24ClN3O3. The maximum Gasteiger partial charge on any atom is 0.329 e. The van der Waals surface area contributed by atoms with Gasteiger partial charge in [0.2, 0.25) is 0 Å². The van der Waals surface area contributed by atoms with Gasteiger partial charge < -0.3 is 10.1 Å². The second-order valence-electron chi connectivity index (χ2n) is 6.44. The predicted octanol–water partition coefficient (Wildman–Crippen LogP) is 3.59. The van der Waals surface area contributed by atoms with Gasteiger partial charge in [0, 0.05) is 16.6 Å². The lowest BCUT2D eigenvalue weighted by Gasteiger charge is -2.10. The molecule has 2 N–H and O–H groups in total. The van der Waals surface area contributed by atoms with E-state index in [1.807, 2.05) is 45.0 Å². The van der Waals surface area contributed by atoms with Crippen LogP contribution in [0.1, 0.15) is 37.0 Å². The average molecular weight is 402 g/mol. The van der Waals surface area contributed by atoms with E-state index in [2.05, 4.69) is 15.8 Å². The summed E-state index contributed by atoms with van der Waals surface area (Å²) in [7, 11) is 0. The predicted molar refractivity (Wildman–Crippen MR) is 111 cm³/mol. The monoisotopic (exact) mass is 401 g/mol. The van der Waals surface area contributed by atoms with Gasteiger partial charge in [-0.15, -0.1) is 0 Å². The average Bonchev–Trinajstić information content (AvgIpc) is 2.68. The summed E-state index contributed by atoms with van der Waals surface area (Å²) in [6, 6.07) is 13.0. The van der Waals surface area contributed by atoms with Crippen LogP contribution in [0.2, 0.25) is 5.02 Å². The van der Waals surface area contributed by atoms with Gasteiger partial charge in [-0.05, 0) is 44.0 Å². The van der Waals surface area contributed by atoms with Gasteiger partial charge in [0.15, 0.2) is 0 Å². The molecular weight excluding hydrogens is 378 g/mol. The summed E-state index contributed by atoms with van der Waals surface area (Å²) in [5.41, 5.74) is 5.00. The number of benzene rings is 2. The Kier molecular flexibility index (Phi) is 8.02. The molecule has 1 atom stereocenters. The Morgan fingerprint density at radius 1 is 1.18 bits per heavy atom. The molecule has 0 unspecified atom stereocenters. The van der Waals surface area contributed by atoms with E-state index in [9.17, 15) is 9.59 Å². The number of amides is 2. The second-order valence-corrected chi connectivity index (χ2v) is 6.87. The molecule has 2 aromatic rings. The van der Waals surface area contributed by atoms with Crippen LogP contribution >= 0.6 is 11.6 Å². The van der Waals surface area contributed by atoms with Crippen molar-refractivity contribution in [1.29, 1.82) is 0 Å². The van der Waals surface area contributed by atoms with E-state index in [0.717, 1.165) is 12.0 Å². The molecule has 0 saturated carbocycles. The number of hydrogen-bond donors (Lipinski definition) is 2. The van der Waals surface area contributed by atoms with Crippen LogP contribution < -0.4 is 15.5 Å². The minimum Gasteiger partial charge on any atom is -0.488 e. The molecule has 0 aliphatic heterocycles. The number of nitrogens with zero attached hydrogens (tertiary/aromatic N) is 1. The lowest BCUT2D eigenvalue weighted by Crippen LogP contribution is -2.41. The molecule has 0 saturated heterocycles. The van der Waals surface area contributed by atoms with Crippen molar-refractivity contribution in [3.8, 4) is 5.75 Å². The van der Waals surface area contributed by atoms with Crippen LogP contribution in [0.25, 0.3) is 0 Å². The third-order valence-electron chi connectivity index (χ3n) is 4.05. The normalized spacial score (nSPS) is 11.9. The Hall–Kier alpha value is -2.86. The van der Waals surface area contributed by atoms with E-state index >= 15 is 0 Å². The molecule has 6 nitrogen and oxygen atoms in total. The first-order valence-corrected chi connectivity index (χ1v) is 9.38. The van der Waals surface area contributed by atoms with Crippen molar-refractivity contribution in [3.05, 3.63) is 64.2 Å². The fourth-order valence-corrected chi connectivity index (χ4v) is 2.38. The summed E-state index contributed by atoms with van der Waals surface area (Å²) < 4.78 is 5.85. The van der Waals surface area contributed by atoms with E-state index in [1.54, 1.807) is 18.2 Å². The molecule has 0 aliphatic rings. The van der Waals surface area contributed by atoms with Gasteiger partial charge in [-0.1, -0.05) is 48.4 Å². The molecule has 7 heteroatoms. The molecule has 0 bridgehead atoms. The van der Waals surface area contributed by atoms with Crippen LogP contribution in [0, 0.1) is 6.92 Å². The van der Waals surface area contributed by atoms with Crippen LogP contribution in [0.3, 0.4) is 0 Å². The second kappa shape index (κ2) is 10.5. The number of carbonyl (C=O) groups excluding carboxylic acids is 2. The van der Waals surface area contributed by atoms with Gasteiger partial charge in [0.25, 0.3) is 0 Å². The maximum absolute atomic E-state index is 11.8. The first kappa shape index (κ1) is 21.4. The van der Waals surface area contributed by atoms with Crippen molar-refractivity contribution in [2.24, 2.45) is 5.10 Å². The number of nitrogens with one attached hydrogen (secondary N) is 2. The van der Waals surface area contributed by atoms with Gasteiger partial charge in [-0.25, -0.2) is 5.43 Å². The number of hydrazone groups is 1. The van der Waals surface area contributed by atoms with Crippen LogP contribution in [0.4, 0.5) is 0 Å². The molecule has 0 radical (unpaired) electrons. The standard InChI is InChI=1S/C21H24ClN3O3/c1-4-15(3)24-20(26)21(27)25-23-12-17-11-18(22)9-10-19(17)28-13-16-7-5-14(2)6-8-16/h5-12,15H,4,13H2,1-3H3,(H,24,26)(H,25,27)/b23-12-/t15-/m0/s1. The van der Waals surface area contributed by atoms with E-state index in [1.165, 1.54) is 11.8 Å². The zero-order valence-corrected chi connectivity index (χ0v) is 16.9. The van der Waals surface area contributed by atoms with Crippen LogP contribution in [0.15, 0.2) is 47.6 Å². The summed E-state index contributed by atoms with van der Waals surface area (Å²) >= 11 is 6.05. The van der Waals surface area contributed by atoms with Crippen molar-refractivity contribution < 1.29 is 14.3 Å². The number of aryl methyl sites for hydroxylation is 1. The Morgan fingerprint density at radius 2 is 1.89 bits per heavy atom. The number of ether oxygens (including phenoxy) is 1. The lowest BCUT2D eigenvalue weighted by atomic mass is 10.1. The van der Waals surface area contributed by atoms with Crippen molar-refractivity contribution in [3.63, 3.8) is 0 Å². The Labute approximate surface area is 169 Å². The van der Waals surface area contributed by atoms with Gasteiger partial charge in [0.1, 0.15) is 12.4 Å². The Bertz CT molecular complexity index is 850. The van der Waals surface area contributed by atoms with E-state index in [0.29, 0.717) is 22.9 Å². The van der Waals surface area contributed by atoms with Gasteiger partial charge in [-0.2, -0.15) is 5.10 Å². The molecule has 0 fully saturated rings. The van der Waals surface area contributed by atoms with Crippen molar-refractivity contribution in [2.75, 3.05) is 0 Å². The maximum atomic E-state index is 11.8. The summed E-state index contributed by atoms with van der Waals surface area (Å²) in [6.07, 6.45) is 2.12. The fraction of sp³-hybridized carbons (Fsp3) is 0.286. The quantitative estimate of drug-likeness (QED) is 0.422. The number of halogens is 1. The third-order valence-corrected chi connectivity index (χ3v) is 4.29. The van der Waals surface area contributed by atoms with Gasteiger partial charge in [0.05, 0.1) is 6.21 Å². The first-order valence-electron chi connectivity index (χ1n) is 9.00. The molecule has 0 heterocycles. The van der Waals surface area contributed by atoms with Crippen molar-refractivity contribution in [1.82, 2.24) is 10.7 Å². The SMILES string of the molecule is CC[C@H](C)NC(=O)C(=O)N/N=C\c1cc(Cl)ccc1OCc1ccc(C)cc1. The smallest absolute Gasteiger partial charge is 0.329 e. The number of carbonyl (C=O) groups is 2. The Balaban J connectivity index is 2.01. The highest BCUT2D eigenvalue weighted by Gasteiger charge is 2.14. The third kappa shape index (κ3) is 6.70. The molecule has 0 aliphatic carbocycles. The van der Waals surface area contributed by atoms with Crippen molar-refractivity contribution in [2.45, 2.75) is 39.8 Å². The van der Waals surface area contributed by atoms with E-state index in [4.69, 9.17) is 16.3 Å². The summed E-state index contributed by atoms with van der Waals surface area (Å²) in [5, 5.41) is 6.91. The van der Waals surface area contributed by atoms with Crippen LogP contribution in [-0.2, 0) is 16.2 Å². The molecule has 0 aromatic heterocycles. The molecule has 2 aromatic carbocycles. The van der Waals surface area contributed by atoms with E-state index < -0.39 is 11.8 Å². The largest absolute Gasteiger partial charge is 0.488 e. The minimum absolute atomic E-state index is 0.0862. The van der Waals surface area contributed by atoms with E-state index in [-0.39, 0.29) is 6.04 Å². The lowest BCUT2D eigenvalue weighted by molar-refractivity contribution is -0.139. The molecule has 0 spiro atoms. The zero-order chi connectivity index (χ0) is 20.5. The molecule has 28 heavy (non-hydrogen) atoms. The minimum atomic E-state index is -0.833. The number of hydrogen-bond acceptors (Lipinski definition) is 4. The number of rotatable bonds is 7. The summed E-state index contributed by atoms with van der Waals surface area (Å²) in [4.78, 5) is 23.5. The molecule has 148 valence electrons. The first-order chi connectivity index (χ1) is 13.4. The van der Waals surface area contributed by atoms with Gasteiger partial charge >= 0.3 is 11.8 Å². The van der Waals surface area contributed by atoms with Crippen molar-refractivity contribution >= 4 is 29.6 Å². The van der Waals surface area contributed by atoms with Crippen LogP contribution in [-0.4, -0.2) is 24.1 Å². The Morgan fingerprint density at radius 3 is 2.57 bits per heavy atom. The molecule has 2 amide bonds. The molecule has 2 rings (SSSR count). The van der Waals surface area contributed by atoms with Gasteiger partial charge in [-0.3, -0.25) is 9.59 Å². The zero-order valence-electron chi connectivity index (χ0n) is 16.2. The highest BCUT2D eigenvalue weighted by molar-refractivity contribution is 6.35. The highest BCUT2D eigenvalue weighted by atomic mass is 35.5.